The largest absolute Gasteiger partial charge is 0.392 e. The lowest BCUT2D eigenvalue weighted by atomic mass is 10.0. The molecule has 1 fully saturated rings. The highest BCUT2D eigenvalue weighted by atomic mass is 16.3. The first-order valence-corrected chi connectivity index (χ1v) is 13.4. The second kappa shape index (κ2) is 15.0. The van der Waals surface area contributed by atoms with Crippen LogP contribution in [0.3, 0.4) is 0 Å². The van der Waals surface area contributed by atoms with Gasteiger partial charge in [-0.25, -0.2) is 0 Å². The lowest BCUT2D eigenvalue weighted by Gasteiger charge is -2.22. The zero-order valence-corrected chi connectivity index (χ0v) is 24.2. The standard InChI is InChI=1S/C21H31N5O2.C6H12O.C2H6/c1-14(24-20(28)19-11-17(27)12-25(19)4)15-5-7-16(8-6-15)18-9-10-23-26(18)13-21(2,3)22;1-5(2)6(3)4-7;1-2/h5-10,14,17,19,27H,11-13,22H2,1-4H3,(H,24,28);4-6H,1-3H3;1-2H3. The van der Waals surface area contributed by atoms with E-state index < -0.39 is 6.10 Å². The Hall–Kier alpha value is -2.55. The fourth-order valence-electron chi connectivity index (χ4n) is 3.86. The summed E-state index contributed by atoms with van der Waals surface area (Å²) >= 11 is 0. The molecule has 0 spiro atoms. The number of aliphatic hydroxyl groups is 1. The Kier molecular flexibility index (Phi) is 13.2. The van der Waals surface area contributed by atoms with Crippen molar-refractivity contribution in [3.8, 4) is 11.3 Å². The van der Waals surface area contributed by atoms with Crippen molar-refractivity contribution in [1.82, 2.24) is 20.0 Å². The number of rotatable bonds is 8. The molecule has 1 amide bonds. The Morgan fingerprint density at radius 3 is 2.22 bits per heavy atom. The van der Waals surface area contributed by atoms with E-state index in [9.17, 15) is 14.7 Å². The van der Waals surface area contributed by atoms with Gasteiger partial charge in [-0.3, -0.25) is 14.4 Å². The normalized spacial score (nSPS) is 19.2. The summed E-state index contributed by atoms with van der Waals surface area (Å²) in [6, 6.07) is 9.73. The van der Waals surface area contributed by atoms with E-state index in [0.717, 1.165) is 23.1 Å². The summed E-state index contributed by atoms with van der Waals surface area (Å²) in [5.41, 5.74) is 8.89. The number of hydrogen-bond donors (Lipinski definition) is 3. The number of β-amino-alcohol motifs (C(OH)–C–C–N with tert-alkyl or cyclic N) is 1. The van der Waals surface area contributed by atoms with Crippen LogP contribution in [0.15, 0.2) is 36.5 Å². The topological polar surface area (TPSA) is 113 Å². The first-order chi connectivity index (χ1) is 17.3. The lowest BCUT2D eigenvalue weighted by molar-refractivity contribution is -0.125. The van der Waals surface area contributed by atoms with Crippen LogP contribution in [-0.4, -0.2) is 63.3 Å². The van der Waals surface area contributed by atoms with E-state index >= 15 is 0 Å². The van der Waals surface area contributed by atoms with Crippen LogP contribution in [0.4, 0.5) is 0 Å². The lowest BCUT2D eigenvalue weighted by Crippen LogP contribution is -2.42. The molecule has 1 aromatic heterocycles. The summed E-state index contributed by atoms with van der Waals surface area (Å²) in [7, 11) is 1.87. The average molecular weight is 516 g/mol. The Balaban J connectivity index is 0.000000659. The number of likely N-dealkylation sites (tertiary alicyclic amines) is 1. The highest BCUT2D eigenvalue weighted by Gasteiger charge is 2.33. The zero-order chi connectivity index (χ0) is 28.3. The SMILES string of the molecule is CC.CC(C)C(C)C=O.CC(NC(=O)C1CC(O)CN1C)c1ccc(-c2ccnn2CC(C)(C)N)cc1. The Morgan fingerprint density at radius 2 is 1.78 bits per heavy atom. The summed E-state index contributed by atoms with van der Waals surface area (Å²) in [5, 5.41) is 17.2. The van der Waals surface area contributed by atoms with Gasteiger partial charge in [0.2, 0.25) is 5.91 Å². The van der Waals surface area contributed by atoms with Crippen molar-refractivity contribution < 1.29 is 14.7 Å². The maximum Gasteiger partial charge on any atom is 0.237 e. The molecule has 1 aromatic carbocycles. The zero-order valence-electron chi connectivity index (χ0n) is 24.2. The van der Waals surface area contributed by atoms with Gasteiger partial charge < -0.3 is 21.0 Å². The maximum atomic E-state index is 12.5. The van der Waals surface area contributed by atoms with E-state index in [1.54, 1.807) is 6.20 Å². The van der Waals surface area contributed by atoms with E-state index in [0.29, 0.717) is 25.4 Å². The number of carbonyl (C=O) groups is 2. The summed E-state index contributed by atoms with van der Waals surface area (Å²) in [5.74, 6) is 0.677. The molecule has 1 saturated heterocycles. The van der Waals surface area contributed by atoms with Gasteiger partial charge in [-0.1, -0.05) is 58.9 Å². The number of aldehydes is 1. The maximum absolute atomic E-state index is 12.5. The van der Waals surface area contributed by atoms with E-state index in [4.69, 9.17) is 5.73 Å². The Morgan fingerprint density at radius 1 is 1.19 bits per heavy atom. The van der Waals surface area contributed by atoms with E-state index in [2.05, 4.69) is 10.4 Å². The van der Waals surface area contributed by atoms with Gasteiger partial charge in [-0.15, -0.1) is 0 Å². The van der Waals surface area contributed by atoms with Gasteiger partial charge in [0, 0.05) is 24.2 Å². The van der Waals surface area contributed by atoms with E-state index in [1.807, 2.05) is 102 Å². The highest BCUT2D eigenvalue weighted by Crippen LogP contribution is 2.24. The highest BCUT2D eigenvalue weighted by molar-refractivity contribution is 5.82. The number of hydrogen-bond acceptors (Lipinski definition) is 6. The molecule has 4 N–H and O–H groups in total. The Bertz CT molecular complexity index is 949. The number of carbonyl (C=O) groups excluding carboxylic acids is 2. The average Bonchev–Trinajstić information content (AvgIpc) is 3.44. The fraction of sp³-hybridized carbons (Fsp3) is 0.621. The van der Waals surface area contributed by atoms with Crippen LogP contribution in [0.2, 0.25) is 0 Å². The minimum absolute atomic E-state index is 0.0427. The Labute approximate surface area is 223 Å². The predicted molar refractivity (Wildman–Crippen MR) is 151 cm³/mol. The molecule has 8 nitrogen and oxygen atoms in total. The summed E-state index contributed by atoms with van der Waals surface area (Å²) in [6.07, 6.45) is 2.82. The quantitative estimate of drug-likeness (QED) is 0.458. The smallest absolute Gasteiger partial charge is 0.237 e. The van der Waals surface area contributed by atoms with Gasteiger partial charge in [0.05, 0.1) is 30.4 Å². The third-order valence-corrected chi connectivity index (χ3v) is 6.43. The van der Waals surface area contributed by atoms with Gasteiger partial charge in [-0.05, 0) is 57.4 Å². The number of amides is 1. The number of likely N-dealkylation sites (N-methyl/N-ethyl adjacent to an activating group) is 1. The van der Waals surface area contributed by atoms with Gasteiger partial charge in [0.15, 0.2) is 0 Å². The first kappa shape index (κ1) is 32.5. The molecule has 3 rings (SSSR count). The van der Waals surface area contributed by atoms with Crippen molar-refractivity contribution in [2.45, 2.75) is 92.1 Å². The molecule has 4 unspecified atom stereocenters. The van der Waals surface area contributed by atoms with Crippen LogP contribution >= 0.6 is 0 Å². The van der Waals surface area contributed by atoms with Crippen molar-refractivity contribution in [1.29, 1.82) is 0 Å². The monoisotopic (exact) mass is 515 g/mol. The molecule has 4 atom stereocenters. The molecule has 0 aliphatic carbocycles. The number of nitrogens with zero attached hydrogens (tertiary/aromatic N) is 3. The van der Waals surface area contributed by atoms with Crippen LogP contribution in [0.25, 0.3) is 11.3 Å². The minimum Gasteiger partial charge on any atom is -0.392 e. The van der Waals surface area contributed by atoms with Crippen LogP contribution in [0.5, 0.6) is 0 Å². The van der Waals surface area contributed by atoms with Crippen molar-refractivity contribution in [3.63, 3.8) is 0 Å². The first-order valence-electron chi connectivity index (χ1n) is 13.4. The summed E-state index contributed by atoms with van der Waals surface area (Å²) < 4.78 is 1.92. The van der Waals surface area contributed by atoms with Gasteiger partial charge in [0.1, 0.15) is 6.29 Å². The molecule has 208 valence electrons. The number of benzene rings is 1. The molecule has 0 saturated carbocycles. The minimum atomic E-state index is -0.432. The van der Waals surface area contributed by atoms with Gasteiger partial charge in [0.25, 0.3) is 0 Å². The molecule has 8 heteroatoms. The van der Waals surface area contributed by atoms with E-state index in [-0.39, 0.29) is 29.4 Å². The van der Waals surface area contributed by atoms with Crippen LogP contribution in [0, 0.1) is 11.8 Å². The molecule has 2 heterocycles. The van der Waals surface area contributed by atoms with Gasteiger partial charge >= 0.3 is 0 Å². The molecule has 2 aromatic rings. The molecule has 0 bridgehead atoms. The number of aromatic nitrogens is 2. The van der Waals surface area contributed by atoms with Gasteiger partial charge in [-0.2, -0.15) is 5.10 Å². The summed E-state index contributed by atoms with van der Waals surface area (Å²) in [4.78, 5) is 24.4. The van der Waals surface area contributed by atoms with Crippen LogP contribution in [-0.2, 0) is 16.1 Å². The predicted octanol–water partition coefficient (Wildman–Crippen LogP) is 4.03. The summed E-state index contributed by atoms with van der Waals surface area (Å²) in [6.45, 7) is 17.1. The second-order valence-corrected chi connectivity index (χ2v) is 10.8. The second-order valence-electron chi connectivity index (χ2n) is 10.8. The molecule has 37 heavy (non-hydrogen) atoms. The third-order valence-electron chi connectivity index (χ3n) is 6.43. The van der Waals surface area contributed by atoms with Crippen molar-refractivity contribution >= 4 is 12.2 Å². The molecular weight excluding hydrogens is 466 g/mol. The van der Waals surface area contributed by atoms with E-state index in [1.165, 1.54) is 0 Å². The van der Waals surface area contributed by atoms with Crippen LogP contribution in [0.1, 0.15) is 73.4 Å². The third kappa shape index (κ3) is 10.4. The van der Waals surface area contributed by atoms with Crippen molar-refractivity contribution in [2.24, 2.45) is 17.6 Å². The molecular formula is C29H49N5O3. The number of nitrogens with two attached hydrogens (primary N) is 1. The fourth-order valence-corrected chi connectivity index (χ4v) is 3.86. The molecule has 1 aliphatic heterocycles. The molecule has 0 radical (unpaired) electrons. The van der Waals surface area contributed by atoms with Crippen molar-refractivity contribution in [3.05, 3.63) is 42.1 Å². The molecule has 1 aliphatic rings. The number of aliphatic hydroxyl groups excluding tert-OH is 1. The number of nitrogens with one attached hydrogen (secondary N) is 1. The van der Waals surface area contributed by atoms with Crippen LogP contribution < -0.4 is 11.1 Å². The van der Waals surface area contributed by atoms with Crippen molar-refractivity contribution in [2.75, 3.05) is 13.6 Å².